The number of likely N-dealkylation sites (tertiary alicyclic amines) is 1. The van der Waals surface area contributed by atoms with Gasteiger partial charge in [-0.05, 0) is 51.0 Å². The zero-order valence-electron chi connectivity index (χ0n) is 20.3. The molecule has 3 heterocycles. The molecule has 0 spiro atoms. The highest BCUT2D eigenvalue weighted by atomic mass is 32.1. The fourth-order valence-electron chi connectivity index (χ4n) is 4.91. The van der Waals surface area contributed by atoms with Crippen molar-refractivity contribution in [3.63, 3.8) is 0 Å². The normalized spacial score (nSPS) is 20.9. The van der Waals surface area contributed by atoms with Crippen molar-refractivity contribution in [2.75, 3.05) is 5.32 Å². The quantitative estimate of drug-likeness (QED) is 0.389. The predicted molar refractivity (Wildman–Crippen MR) is 129 cm³/mol. The number of hydrogen-bond acceptors (Lipinski definition) is 6. The van der Waals surface area contributed by atoms with Crippen LogP contribution in [-0.4, -0.2) is 51.0 Å². The van der Waals surface area contributed by atoms with Crippen LogP contribution < -0.4 is 11.1 Å². The number of amides is 2. The van der Waals surface area contributed by atoms with Crippen LogP contribution in [-0.2, 0) is 0 Å². The van der Waals surface area contributed by atoms with Gasteiger partial charge in [0.1, 0.15) is 17.6 Å². The summed E-state index contributed by atoms with van der Waals surface area (Å²) >= 11 is 0.687. The van der Waals surface area contributed by atoms with Crippen molar-refractivity contribution in [1.29, 1.82) is 0 Å². The number of nitrogens with one attached hydrogen (secondary N) is 1. The number of rotatable bonds is 9. The first-order valence-electron chi connectivity index (χ1n) is 12.2. The van der Waals surface area contributed by atoms with E-state index in [4.69, 9.17) is 5.73 Å². The summed E-state index contributed by atoms with van der Waals surface area (Å²) in [5, 5.41) is 2.02. The molecule has 0 aromatic carbocycles. The molecule has 13 heteroatoms. The van der Waals surface area contributed by atoms with E-state index in [0.29, 0.717) is 24.2 Å². The highest BCUT2D eigenvalue weighted by molar-refractivity contribution is 7.17. The van der Waals surface area contributed by atoms with Gasteiger partial charge in [0.15, 0.2) is 5.01 Å². The molecular weight excluding hydrogens is 517 g/mol. The summed E-state index contributed by atoms with van der Waals surface area (Å²) in [7, 11) is 0. The largest absolute Gasteiger partial charge is 0.408 e. The Hall–Kier alpha value is -2.83. The minimum Gasteiger partial charge on any atom is -0.364 e. The van der Waals surface area contributed by atoms with Crippen molar-refractivity contribution in [2.24, 2.45) is 11.7 Å². The standard InChI is InChI=1S/C24H28F5N5O2S/c1-3-4-13-8-5-11(2)34(13)23(36)17-18(37-22(33-17)21(30)35)15-10-31-16(9-14(15)20(25)26)32-19(12-6-7-12)24(27,28)29/h9-13,19-20H,3-8H2,1-2H3,(H2,30,35)(H,31,32). The fourth-order valence-corrected chi connectivity index (χ4v) is 5.85. The third-order valence-corrected chi connectivity index (χ3v) is 7.95. The van der Waals surface area contributed by atoms with Crippen LogP contribution in [0, 0.1) is 5.92 Å². The molecular formula is C24H28F5N5O2S. The lowest BCUT2D eigenvalue weighted by molar-refractivity contribution is -0.146. The SMILES string of the molecule is CCCC1CCC(C)N1C(=O)c1nc(C(N)=O)sc1-c1cnc(NC(C2CC2)C(F)(F)F)cc1C(F)F. The lowest BCUT2D eigenvalue weighted by Gasteiger charge is -2.28. The number of carbonyl (C=O) groups excluding carboxylic acids is 2. The Morgan fingerprint density at radius 2 is 1.95 bits per heavy atom. The Morgan fingerprint density at radius 1 is 1.24 bits per heavy atom. The van der Waals surface area contributed by atoms with E-state index in [2.05, 4.69) is 15.3 Å². The van der Waals surface area contributed by atoms with E-state index < -0.39 is 41.9 Å². The summed E-state index contributed by atoms with van der Waals surface area (Å²) in [5.74, 6) is -2.42. The topological polar surface area (TPSA) is 101 Å². The molecule has 4 rings (SSSR count). The molecule has 2 aliphatic rings. The summed E-state index contributed by atoms with van der Waals surface area (Å²) in [4.78, 5) is 35.3. The molecule has 3 unspecified atom stereocenters. The van der Waals surface area contributed by atoms with Crippen LogP contribution in [0.2, 0.25) is 0 Å². The third kappa shape index (κ3) is 5.70. The van der Waals surface area contributed by atoms with Gasteiger partial charge in [0.25, 0.3) is 18.2 Å². The minimum absolute atomic E-state index is 0.0166. The molecule has 7 nitrogen and oxygen atoms in total. The molecule has 1 aliphatic heterocycles. The molecule has 2 aromatic heterocycles. The highest BCUT2D eigenvalue weighted by Gasteiger charge is 2.49. The molecule has 1 saturated heterocycles. The molecule has 1 aliphatic carbocycles. The third-order valence-electron chi connectivity index (χ3n) is 6.85. The molecule has 2 fully saturated rings. The smallest absolute Gasteiger partial charge is 0.364 e. The van der Waals surface area contributed by atoms with Gasteiger partial charge in [-0.3, -0.25) is 9.59 Å². The number of carbonyl (C=O) groups is 2. The lowest BCUT2D eigenvalue weighted by Crippen LogP contribution is -2.40. The fraction of sp³-hybridized carbons (Fsp3) is 0.583. The lowest BCUT2D eigenvalue weighted by atomic mass is 10.1. The maximum absolute atomic E-state index is 14.2. The van der Waals surface area contributed by atoms with Gasteiger partial charge < -0.3 is 16.0 Å². The van der Waals surface area contributed by atoms with Gasteiger partial charge in [-0.2, -0.15) is 13.2 Å². The Balaban J connectivity index is 1.75. The van der Waals surface area contributed by atoms with Crippen LogP contribution in [0.25, 0.3) is 10.4 Å². The van der Waals surface area contributed by atoms with Gasteiger partial charge >= 0.3 is 6.18 Å². The number of pyridine rings is 1. The predicted octanol–water partition coefficient (Wildman–Crippen LogP) is 5.79. The number of thiazole rings is 1. The second-order valence-corrected chi connectivity index (χ2v) is 10.6. The molecule has 2 aromatic rings. The van der Waals surface area contributed by atoms with Gasteiger partial charge in [-0.1, -0.05) is 13.3 Å². The average molecular weight is 546 g/mol. The molecule has 3 atom stereocenters. The van der Waals surface area contributed by atoms with E-state index in [1.807, 2.05) is 13.8 Å². The van der Waals surface area contributed by atoms with Gasteiger partial charge in [0, 0.05) is 29.4 Å². The van der Waals surface area contributed by atoms with Gasteiger partial charge in [0.2, 0.25) is 0 Å². The molecule has 202 valence electrons. The summed E-state index contributed by atoms with van der Waals surface area (Å²) in [6, 6.07) is -1.21. The van der Waals surface area contributed by atoms with Crippen LogP contribution in [0.4, 0.5) is 27.8 Å². The summed E-state index contributed by atoms with van der Waals surface area (Å²) in [6.45, 7) is 3.88. The number of nitrogens with two attached hydrogens (primary N) is 1. The Kier molecular flexibility index (Phi) is 7.72. The van der Waals surface area contributed by atoms with Crippen molar-refractivity contribution in [2.45, 2.75) is 83.1 Å². The van der Waals surface area contributed by atoms with Gasteiger partial charge in [0.05, 0.1) is 4.88 Å². The zero-order chi connectivity index (χ0) is 27.1. The number of halogens is 5. The Morgan fingerprint density at radius 3 is 2.51 bits per heavy atom. The second-order valence-electron chi connectivity index (χ2n) is 9.60. The van der Waals surface area contributed by atoms with E-state index in [0.717, 1.165) is 37.9 Å². The second kappa shape index (κ2) is 10.5. The van der Waals surface area contributed by atoms with Crippen LogP contribution in [0.15, 0.2) is 12.3 Å². The summed E-state index contributed by atoms with van der Waals surface area (Å²) < 4.78 is 68.7. The van der Waals surface area contributed by atoms with Crippen molar-refractivity contribution in [1.82, 2.24) is 14.9 Å². The van der Waals surface area contributed by atoms with Gasteiger partial charge in [-0.25, -0.2) is 18.7 Å². The van der Waals surface area contributed by atoms with E-state index in [9.17, 15) is 31.5 Å². The maximum atomic E-state index is 14.2. The number of alkyl halides is 5. The molecule has 2 amide bonds. The first kappa shape index (κ1) is 27.2. The first-order chi connectivity index (χ1) is 17.4. The number of hydrogen-bond donors (Lipinski definition) is 2. The maximum Gasteiger partial charge on any atom is 0.408 e. The molecule has 3 N–H and O–H groups in total. The van der Waals surface area contributed by atoms with Crippen molar-refractivity contribution >= 4 is 29.0 Å². The zero-order valence-corrected chi connectivity index (χ0v) is 21.1. The molecule has 0 bridgehead atoms. The average Bonchev–Trinajstić information content (AvgIpc) is 3.44. The number of anilines is 1. The highest BCUT2D eigenvalue weighted by Crippen LogP contribution is 2.43. The Labute approximate surface area is 214 Å². The van der Waals surface area contributed by atoms with Crippen LogP contribution >= 0.6 is 11.3 Å². The number of primary amides is 1. The van der Waals surface area contributed by atoms with Gasteiger partial charge in [-0.15, -0.1) is 11.3 Å². The molecule has 37 heavy (non-hydrogen) atoms. The summed E-state index contributed by atoms with van der Waals surface area (Å²) in [6.07, 6.45) is -2.75. The van der Waals surface area contributed by atoms with E-state index in [1.54, 1.807) is 4.90 Å². The molecule has 0 radical (unpaired) electrons. The summed E-state index contributed by atoms with van der Waals surface area (Å²) in [5.41, 5.74) is 4.39. The van der Waals surface area contributed by atoms with Crippen LogP contribution in [0.5, 0.6) is 0 Å². The van der Waals surface area contributed by atoms with Crippen molar-refractivity contribution < 1.29 is 31.5 Å². The van der Waals surface area contributed by atoms with E-state index in [1.165, 1.54) is 0 Å². The molecule has 1 saturated carbocycles. The monoisotopic (exact) mass is 545 g/mol. The van der Waals surface area contributed by atoms with Crippen molar-refractivity contribution in [3.05, 3.63) is 28.5 Å². The van der Waals surface area contributed by atoms with Crippen LogP contribution in [0.3, 0.4) is 0 Å². The number of aromatic nitrogens is 2. The first-order valence-corrected chi connectivity index (χ1v) is 13.0. The van der Waals surface area contributed by atoms with Crippen LogP contribution in [0.1, 0.15) is 84.7 Å². The van der Waals surface area contributed by atoms with E-state index >= 15 is 0 Å². The number of nitrogens with zero attached hydrogens (tertiary/aromatic N) is 3. The minimum atomic E-state index is -4.57. The Bertz CT molecular complexity index is 1160. The van der Waals surface area contributed by atoms with E-state index in [-0.39, 0.29) is 39.0 Å². The van der Waals surface area contributed by atoms with Crippen molar-refractivity contribution in [3.8, 4) is 10.4 Å².